The highest BCUT2D eigenvalue weighted by Crippen LogP contribution is 2.32. The molecule has 1 amide bonds. The average molecular weight is 390 g/mol. The monoisotopic (exact) mass is 390 g/mol. The van der Waals surface area contributed by atoms with Crippen LogP contribution in [0.3, 0.4) is 0 Å². The van der Waals surface area contributed by atoms with Gasteiger partial charge in [0.15, 0.2) is 11.5 Å². The van der Waals surface area contributed by atoms with Crippen LogP contribution in [0.4, 0.5) is 0 Å². The molecule has 0 aromatic heterocycles. The maximum absolute atomic E-state index is 12.1. The van der Waals surface area contributed by atoms with Crippen LogP contribution in [-0.4, -0.2) is 39.5 Å². The van der Waals surface area contributed by atoms with E-state index < -0.39 is 10.0 Å². The number of aryl methyl sites for hydroxylation is 1. The van der Waals surface area contributed by atoms with Gasteiger partial charge in [-0.15, -0.1) is 0 Å². The van der Waals surface area contributed by atoms with Crippen LogP contribution < -0.4 is 14.8 Å². The summed E-state index contributed by atoms with van der Waals surface area (Å²) in [5.41, 5.74) is 1.84. The molecule has 0 bridgehead atoms. The highest BCUT2D eigenvalue weighted by Gasteiger charge is 2.17. The number of carbonyl (C=O) groups is 1. The number of nitrogens with zero attached hydrogens (tertiary/aromatic N) is 1. The highest BCUT2D eigenvalue weighted by molar-refractivity contribution is 7.89. The van der Waals surface area contributed by atoms with E-state index in [2.05, 4.69) is 5.32 Å². The Morgan fingerprint density at radius 2 is 1.70 bits per heavy atom. The van der Waals surface area contributed by atoms with Crippen LogP contribution in [0.25, 0.3) is 0 Å². The fourth-order valence-electron chi connectivity index (χ4n) is 2.64. The lowest BCUT2D eigenvalue weighted by molar-refractivity contribution is -0.121. The maximum atomic E-state index is 12.1. The van der Waals surface area contributed by atoms with Crippen LogP contribution in [-0.2, 0) is 27.8 Å². The molecular formula is C19H22N2O5S. The van der Waals surface area contributed by atoms with E-state index in [0.717, 1.165) is 11.1 Å². The summed E-state index contributed by atoms with van der Waals surface area (Å²) < 4.78 is 35.8. The number of sulfonamides is 1. The van der Waals surface area contributed by atoms with Gasteiger partial charge in [0.1, 0.15) is 0 Å². The van der Waals surface area contributed by atoms with E-state index in [1.807, 2.05) is 18.2 Å². The van der Waals surface area contributed by atoms with Gasteiger partial charge in [0.2, 0.25) is 22.7 Å². The Hall–Kier alpha value is -2.58. The van der Waals surface area contributed by atoms with Gasteiger partial charge < -0.3 is 14.8 Å². The van der Waals surface area contributed by atoms with Gasteiger partial charge in [-0.25, -0.2) is 12.7 Å². The molecule has 3 rings (SSSR count). The Balaban J connectivity index is 1.49. The minimum absolute atomic E-state index is 0.0716. The van der Waals surface area contributed by atoms with Crippen LogP contribution in [0.1, 0.15) is 17.5 Å². The standard InChI is InChI=1S/C19H22N2O5S/c1-21(2)27(23,24)16-7-3-14(4-8-16)6-10-19(22)20-12-15-5-9-17-18(11-15)26-13-25-17/h3-5,7-9,11H,6,10,12-13H2,1-2H3,(H,20,22). The number of ether oxygens (including phenoxy) is 2. The van der Waals surface area contributed by atoms with Gasteiger partial charge in [0.05, 0.1) is 4.90 Å². The summed E-state index contributed by atoms with van der Waals surface area (Å²) in [6.07, 6.45) is 0.861. The van der Waals surface area contributed by atoms with Crippen molar-refractivity contribution in [3.63, 3.8) is 0 Å². The molecule has 144 valence electrons. The van der Waals surface area contributed by atoms with Crippen molar-refractivity contribution >= 4 is 15.9 Å². The number of hydrogen-bond acceptors (Lipinski definition) is 5. The second-order valence-electron chi connectivity index (χ2n) is 6.40. The van der Waals surface area contributed by atoms with E-state index in [-0.39, 0.29) is 17.6 Å². The van der Waals surface area contributed by atoms with Crippen molar-refractivity contribution in [1.29, 1.82) is 0 Å². The van der Waals surface area contributed by atoms with Crippen LogP contribution in [0.5, 0.6) is 11.5 Å². The fraction of sp³-hybridized carbons (Fsp3) is 0.316. The number of amides is 1. The van der Waals surface area contributed by atoms with E-state index in [9.17, 15) is 13.2 Å². The molecule has 0 spiro atoms. The maximum Gasteiger partial charge on any atom is 0.242 e. The number of rotatable bonds is 7. The van der Waals surface area contributed by atoms with Gasteiger partial charge in [0.25, 0.3) is 0 Å². The Labute approximate surface area is 158 Å². The summed E-state index contributed by atoms with van der Waals surface area (Å²) in [5, 5.41) is 2.87. The van der Waals surface area contributed by atoms with Crippen molar-refractivity contribution in [3.05, 3.63) is 53.6 Å². The first-order chi connectivity index (χ1) is 12.9. The molecule has 1 aliphatic rings. The number of carbonyl (C=O) groups excluding carboxylic acids is 1. The molecule has 2 aromatic carbocycles. The molecule has 0 atom stereocenters. The highest BCUT2D eigenvalue weighted by atomic mass is 32.2. The number of hydrogen-bond donors (Lipinski definition) is 1. The minimum atomic E-state index is -3.43. The lowest BCUT2D eigenvalue weighted by Gasteiger charge is -2.11. The third-order valence-corrected chi connectivity index (χ3v) is 6.10. The minimum Gasteiger partial charge on any atom is -0.454 e. The molecule has 0 saturated carbocycles. The lowest BCUT2D eigenvalue weighted by Crippen LogP contribution is -2.23. The van der Waals surface area contributed by atoms with E-state index >= 15 is 0 Å². The molecule has 2 aromatic rings. The molecule has 0 aliphatic carbocycles. The predicted octanol–water partition coefficient (Wildman–Crippen LogP) is 1.91. The largest absolute Gasteiger partial charge is 0.454 e. The van der Waals surface area contributed by atoms with E-state index in [1.54, 1.807) is 24.3 Å². The van der Waals surface area contributed by atoms with Crippen LogP contribution in [0, 0.1) is 0 Å². The second-order valence-corrected chi connectivity index (χ2v) is 8.55. The molecule has 1 N–H and O–H groups in total. The van der Waals surface area contributed by atoms with Crippen LogP contribution in [0.2, 0.25) is 0 Å². The quantitative estimate of drug-likeness (QED) is 0.781. The summed E-state index contributed by atoms with van der Waals surface area (Å²) in [6, 6.07) is 12.2. The number of fused-ring (bicyclic) bond motifs is 1. The summed E-state index contributed by atoms with van der Waals surface area (Å²) in [4.78, 5) is 12.3. The van der Waals surface area contributed by atoms with Crippen LogP contribution >= 0.6 is 0 Å². The summed E-state index contributed by atoms with van der Waals surface area (Å²) in [7, 11) is -0.446. The van der Waals surface area contributed by atoms with Gasteiger partial charge >= 0.3 is 0 Å². The van der Waals surface area contributed by atoms with Crippen molar-refractivity contribution in [1.82, 2.24) is 9.62 Å². The Morgan fingerprint density at radius 1 is 1.04 bits per heavy atom. The predicted molar refractivity (Wildman–Crippen MR) is 100 cm³/mol. The smallest absolute Gasteiger partial charge is 0.242 e. The van der Waals surface area contributed by atoms with Gasteiger partial charge in [0, 0.05) is 27.1 Å². The van der Waals surface area contributed by atoms with Crippen molar-refractivity contribution in [3.8, 4) is 11.5 Å². The molecule has 0 radical (unpaired) electrons. The zero-order valence-electron chi connectivity index (χ0n) is 15.3. The molecular weight excluding hydrogens is 368 g/mol. The topological polar surface area (TPSA) is 84.9 Å². The molecule has 0 fully saturated rings. The molecule has 0 unspecified atom stereocenters. The van der Waals surface area contributed by atoms with Gasteiger partial charge in [-0.05, 0) is 41.8 Å². The second kappa shape index (κ2) is 7.98. The third-order valence-electron chi connectivity index (χ3n) is 4.27. The van der Waals surface area contributed by atoms with Crippen molar-refractivity contribution in [2.24, 2.45) is 0 Å². The summed E-state index contributed by atoms with van der Waals surface area (Å²) in [6.45, 7) is 0.634. The Bertz CT molecular complexity index is 924. The first-order valence-electron chi connectivity index (χ1n) is 8.53. The average Bonchev–Trinajstić information content (AvgIpc) is 3.12. The first kappa shape index (κ1) is 19.2. The normalized spacial score (nSPS) is 13.0. The van der Waals surface area contributed by atoms with E-state index in [1.165, 1.54) is 18.4 Å². The lowest BCUT2D eigenvalue weighted by atomic mass is 10.1. The first-order valence-corrected chi connectivity index (χ1v) is 9.97. The van der Waals surface area contributed by atoms with Gasteiger partial charge in [-0.1, -0.05) is 18.2 Å². The van der Waals surface area contributed by atoms with Crippen molar-refractivity contribution < 1.29 is 22.7 Å². The molecule has 7 nitrogen and oxygen atoms in total. The molecule has 1 heterocycles. The SMILES string of the molecule is CN(C)S(=O)(=O)c1ccc(CCC(=O)NCc2ccc3c(c2)OCO3)cc1. The Morgan fingerprint density at radius 3 is 2.41 bits per heavy atom. The van der Waals surface area contributed by atoms with Gasteiger partial charge in [-0.2, -0.15) is 0 Å². The third kappa shape index (κ3) is 4.58. The Kier molecular flexibility index (Phi) is 5.67. The van der Waals surface area contributed by atoms with Crippen molar-refractivity contribution in [2.45, 2.75) is 24.3 Å². The molecule has 0 saturated heterocycles. The van der Waals surface area contributed by atoms with Crippen molar-refractivity contribution in [2.75, 3.05) is 20.9 Å². The molecule has 27 heavy (non-hydrogen) atoms. The van der Waals surface area contributed by atoms with Crippen LogP contribution in [0.15, 0.2) is 47.4 Å². The zero-order chi connectivity index (χ0) is 19.4. The molecule has 1 aliphatic heterocycles. The van der Waals surface area contributed by atoms with Gasteiger partial charge in [-0.3, -0.25) is 4.79 Å². The van der Waals surface area contributed by atoms with E-state index in [4.69, 9.17) is 9.47 Å². The molecule has 8 heteroatoms. The number of benzene rings is 2. The summed E-state index contributed by atoms with van der Waals surface area (Å²) in [5.74, 6) is 1.33. The number of nitrogens with one attached hydrogen (secondary N) is 1. The summed E-state index contributed by atoms with van der Waals surface area (Å²) >= 11 is 0. The zero-order valence-corrected chi connectivity index (χ0v) is 16.1. The fourth-order valence-corrected chi connectivity index (χ4v) is 3.54. The van der Waals surface area contributed by atoms with E-state index in [0.29, 0.717) is 30.9 Å².